The van der Waals surface area contributed by atoms with Crippen molar-refractivity contribution >= 4 is 16.8 Å². The first-order chi connectivity index (χ1) is 11.1. The number of methoxy groups -OCH3 is 1. The zero-order valence-electron chi connectivity index (χ0n) is 13.1. The summed E-state index contributed by atoms with van der Waals surface area (Å²) in [4.78, 5) is 16.4. The highest BCUT2D eigenvalue weighted by molar-refractivity contribution is 6.07. The molecule has 114 valence electrons. The van der Waals surface area contributed by atoms with Crippen LogP contribution in [0.3, 0.4) is 0 Å². The molecule has 0 aliphatic rings. The first kappa shape index (κ1) is 14.8. The van der Waals surface area contributed by atoms with E-state index in [0.29, 0.717) is 22.4 Å². The Morgan fingerprint density at radius 2 is 2.00 bits per heavy atom. The number of fused-ring (bicyclic) bond motifs is 1. The van der Waals surface area contributed by atoms with Crippen LogP contribution in [0.5, 0.6) is 5.75 Å². The Bertz CT molecular complexity index is 947. The summed E-state index contributed by atoms with van der Waals surface area (Å²) in [6, 6.07) is 11.2. The van der Waals surface area contributed by atoms with Crippen molar-refractivity contribution in [3.63, 3.8) is 0 Å². The fourth-order valence-corrected chi connectivity index (χ4v) is 2.81. The van der Waals surface area contributed by atoms with E-state index < -0.39 is 0 Å². The van der Waals surface area contributed by atoms with Gasteiger partial charge in [-0.3, -0.25) is 4.79 Å². The van der Waals surface area contributed by atoms with Crippen LogP contribution >= 0.6 is 0 Å². The number of hydrogen-bond donors (Lipinski definition) is 0. The van der Waals surface area contributed by atoms with E-state index in [1.54, 1.807) is 25.4 Å². The Hall–Kier alpha value is -3.13. The van der Waals surface area contributed by atoms with E-state index in [-0.39, 0.29) is 5.78 Å². The van der Waals surface area contributed by atoms with Gasteiger partial charge in [-0.2, -0.15) is 5.26 Å². The van der Waals surface area contributed by atoms with E-state index in [9.17, 15) is 4.79 Å². The van der Waals surface area contributed by atoms with Crippen LogP contribution < -0.4 is 4.74 Å². The first-order valence-electron chi connectivity index (χ1n) is 7.13. The Morgan fingerprint density at radius 3 is 2.57 bits per heavy atom. The summed E-state index contributed by atoms with van der Waals surface area (Å²) in [5.41, 5.74) is 4.33. The lowest BCUT2D eigenvalue weighted by Gasteiger charge is -2.09. The largest absolute Gasteiger partial charge is 0.495 e. The molecule has 2 heterocycles. The minimum absolute atomic E-state index is 0.0300. The summed E-state index contributed by atoms with van der Waals surface area (Å²) in [5, 5.41) is 8.94. The van der Waals surface area contributed by atoms with Crippen molar-refractivity contribution in [3.8, 4) is 17.5 Å². The maximum atomic E-state index is 12.1. The van der Waals surface area contributed by atoms with Crippen LogP contribution in [-0.2, 0) is 0 Å². The second-order valence-corrected chi connectivity index (χ2v) is 5.25. The van der Waals surface area contributed by atoms with E-state index in [2.05, 4.69) is 11.1 Å². The van der Waals surface area contributed by atoms with Gasteiger partial charge in [0.15, 0.2) is 5.78 Å². The lowest BCUT2D eigenvalue weighted by atomic mass is 10.1. The van der Waals surface area contributed by atoms with Crippen molar-refractivity contribution in [1.82, 2.24) is 9.55 Å². The number of ether oxygens (including phenoxy) is 1. The lowest BCUT2D eigenvalue weighted by Crippen LogP contribution is -2.00. The van der Waals surface area contributed by atoms with Gasteiger partial charge in [0.05, 0.1) is 41.5 Å². The van der Waals surface area contributed by atoms with E-state index in [1.165, 1.54) is 6.92 Å². The number of carbonyl (C=O) groups is 1. The molecule has 0 aliphatic heterocycles. The van der Waals surface area contributed by atoms with Crippen LogP contribution in [0.2, 0.25) is 0 Å². The van der Waals surface area contributed by atoms with Gasteiger partial charge in [0, 0.05) is 17.4 Å². The Labute approximate surface area is 133 Å². The predicted octanol–water partition coefficient (Wildman–Crippen LogP) is 3.42. The molecule has 0 saturated heterocycles. The molecule has 0 atom stereocenters. The molecule has 23 heavy (non-hydrogen) atoms. The number of nitriles is 1. The number of ketones is 1. The molecule has 0 N–H and O–H groups in total. The SMILES string of the molecule is COc1cnc2c(C(C)=O)c(C)n(-c3ccc(C#N)cc3)c2c1. The van der Waals surface area contributed by atoms with Gasteiger partial charge in [-0.25, -0.2) is 4.98 Å². The van der Waals surface area contributed by atoms with Crippen LogP contribution in [0, 0.1) is 18.3 Å². The number of Topliss-reactive ketones (excluding diaryl/α,β-unsaturated/α-hetero) is 1. The second kappa shape index (κ2) is 5.58. The normalized spacial score (nSPS) is 10.5. The molecule has 0 bridgehead atoms. The molecule has 5 nitrogen and oxygen atoms in total. The average Bonchev–Trinajstić information content (AvgIpc) is 2.86. The van der Waals surface area contributed by atoms with Crippen LogP contribution in [-0.4, -0.2) is 22.4 Å². The summed E-state index contributed by atoms with van der Waals surface area (Å²) < 4.78 is 7.22. The van der Waals surface area contributed by atoms with E-state index in [0.717, 1.165) is 16.9 Å². The van der Waals surface area contributed by atoms with Crippen LogP contribution in [0.25, 0.3) is 16.7 Å². The molecule has 0 amide bonds. The molecule has 0 fully saturated rings. The van der Waals surface area contributed by atoms with E-state index >= 15 is 0 Å². The molecule has 0 saturated carbocycles. The van der Waals surface area contributed by atoms with E-state index in [1.807, 2.05) is 29.7 Å². The monoisotopic (exact) mass is 305 g/mol. The molecule has 0 spiro atoms. The van der Waals surface area contributed by atoms with Gasteiger partial charge in [0.2, 0.25) is 0 Å². The van der Waals surface area contributed by atoms with Crippen LogP contribution in [0.4, 0.5) is 0 Å². The number of pyridine rings is 1. The zero-order chi connectivity index (χ0) is 16.6. The van der Waals surface area contributed by atoms with Gasteiger partial charge in [-0.05, 0) is 38.1 Å². The van der Waals surface area contributed by atoms with Gasteiger partial charge >= 0.3 is 0 Å². The summed E-state index contributed by atoms with van der Waals surface area (Å²) >= 11 is 0. The van der Waals surface area contributed by atoms with Crippen molar-refractivity contribution in [3.05, 3.63) is 53.3 Å². The van der Waals surface area contributed by atoms with Gasteiger partial charge < -0.3 is 9.30 Å². The summed E-state index contributed by atoms with van der Waals surface area (Å²) in [7, 11) is 1.58. The van der Waals surface area contributed by atoms with Gasteiger partial charge in [0.1, 0.15) is 5.75 Å². The van der Waals surface area contributed by atoms with Crippen LogP contribution in [0.15, 0.2) is 36.5 Å². The Kier molecular flexibility index (Phi) is 3.59. The predicted molar refractivity (Wildman–Crippen MR) is 87.1 cm³/mol. The molecule has 5 heteroatoms. The first-order valence-corrected chi connectivity index (χ1v) is 7.13. The number of nitrogens with zero attached hydrogens (tertiary/aromatic N) is 3. The number of carbonyl (C=O) groups excluding carboxylic acids is 1. The Balaban J connectivity index is 2.35. The fourth-order valence-electron chi connectivity index (χ4n) is 2.81. The second-order valence-electron chi connectivity index (χ2n) is 5.25. The standard InChI is InChI=1S/C18H15N3O2/c1-11-17(12(2)22)18-16(8-15(23-3)10-20-18)21(11)14-6-4-13(9-19)5-7-14/h4-8,10H,1-3H3. The third-order valence-electron chi connectivity index (χ3n) is 3.86. The highest BCUT2D eigenvalue weighted by Crippen LogP contribution is 2.30. The zero-order valence-corrected chi connectivity index (χ0v) is 13.1. The molecular weight excluding hydrogens is 290 g/mol. The fraction of sp³-hybridized carbons (Fsp3) is 0.167. The average molecular weight is 305 g/mol. The quantitative estimate of drug-likeness (QED) is 0.695. The number of benzene rings is 1. The van der Waals surface area contributed by atoms with Crippen molar-refractivity contribution in [1.29, 1.82) is 5.26 Å². The molecule has 3 rings (SSSR count). The number of aromatic nitrogens is 2. The third kappa shape index (κ3) is 2.34. The molecule has 0 aliphatic carbocycles. The minimum atomic E-state index is -0.0300. The smallest absolute Gasteiger partial charge is 0.163 e. The summed E-state index contributed by atoms with van der Waals surface area (Å²) in [5.74, 6) is 0.595. The summed E-state index contributed by atoms with van der Waals surface area (Å²) in [6.07, 6.45) is 1.61. The minimum Gasteiger partial charge on any atom is -0.495 e. The summed E-state index contributed by atoms with van der Waals surface area (Å²) in [6.45, 7) is 3.43. The molecule has 1 aromatic carbocycles. The van der Waals surface area contributed by atoms with Crippen LogP contribution in [0.1, 0.15) is 28.5 Å². The van der Waals surface area contributed by atoms with Crippen molar-refractivity contribution < 1.29 is 9.53 Å². The topological polar surface area (TPSA) is 67.9 Å². The maximum Gasteiger partial charge on any atom is 0.163 e. The number of hydrogen-bond acceptors (Lipinski definition) is 4. The highest BCUT2D eigenvalue weighted by atomic mass is 16.5. The van der Waals surface area contributed by atoms with Gasteiger partial charge in [-0.15, -0.1) is 0 Å². The van der Waals surface area contributed by atoms with E-state index in [4.69, 9.17) is 10.00 Å². The van der Waals surface area contributed by atoms with Crippen molar-refractivity contribution in [2.45, 2.75) is 13.8 Å². The lowest BCUT2D eigenvalue weighted by molar-refractivity contribution is 0.101. The molecule has 2 aromatic heterocycles. The van der Waals surface area contributed by atoms with Crippen molar-refractivity contribution in [2.24, 2.45) is 0 Å². The molecular formula is C18H15N3O2. The third-order valence-corrected chi connectivity index (χ3v) is 3.86. The van der Waals surface area contributed by atoms with Gasteiger partial charge in [0.25, 0.3) is 0 Å². The molecule has 3 aromatic rings. The van der Waals surface area contributed by atoms with Crippen molar-refractivity contribution in [2.75, 3.05) is 7.11 Å². The highest BCUT2D eigenvalue weighted by Gasteiger charge is 2.20. The van der Waals surface area contributed by atoms with Gasteiger partial charge in [-0.1, -0.05) is 0 Å². The Morgan fingerprint density at radius 1 is 1.30 bits per heavy atom. The number of rotatable bonds is 3. The molecule has 0 radical (unpaired) electrons. The maximum absolute atomic E-state index is 12.1. The molecule has 0 unspecified atom stereocenters.